The van der Waals surface area contributed by atoms with Gasteiger partial charge in [0.05, 0.1) is 24.3 Å². The van der Waals surface area contributed by atoms with Crippen LogP contribution < -0.4 is 0 Å². The predicted molar refractivity (Wildman–Crippen MR) is 95.2 cm³/mol. The first kappa shape index (κ1) is 19.7. The van der Waals surface area contributed by atoms with Crippen LogP contribution in [0.15, 0.2) is 24.3 Å². The number of nitriles is 4. The highest BCUT2D eigenvalue weighted by Crippen LogP contribution is 2.24. The molecule has 0 saturated heterocycles. The number of hydrogen-bond acceptors (Lipinski definition) is 4. The second-order valence-electron chi connectivity index (χ2n) is 5.27. The lowest BCUT2D eigenvalue weighted by Crippen LogP contribution is -2.14. The predicted octanol–water partition coefficient (Wildman–Crippen LogP) is 2.75. The third-order valence-corrected chi connectivity index (χ3v) is 3.32. The van der Waals surface area contributed by atoms with Gasteiger partial charge in [-0.05, 0) is 24.3 Å². The van der Waals surface area contributed by atoms with Crippen molar-refractivity contribution in [1.29, 1.82) is 21.0 Å². The maximum atomic E-state index is 9.25. The lowest BCUT2D eigenvalue weighted by molar-refractivity contribution is 0.556. The lowest BCUT2D eigenvalue weighted by atomic mass is 9.84. The van der Waals surface area contributed by atoms with Crippen molar-refractivity contribution in [3.8, 4) is 71.6 Å². The van der Waals surface area contributed by atoms with E-state index < -0.39 is 10.8 Å². The van der Waals surface area contributed by atoms with Crippen LogP contribution in [0.1, 0.15) is 25.7 Å². The Bertz CT molecular complexity index is 844. The Labute approximate surface area is 154 Å². The van der Waals surface area contributed by atoms with Crippen molar-refractivity contribution in [2.45, 2.75) is 25.7 Å². The molecule has 0 aromatic rings. The highest BCUT2D eigenvalue weighted by atomic mass is 14.4. The fraction of sp³-hybridized carbons (Fsp3) is 0.273. The second-order valence-corrected chi connectivity index (χ2v) is 5.27. The highest BCUT2D eigenvalue weighted by Gasteiger charge is 2.28. The zero-order valence-corrected chi connectivity index (χ0v) is 13.9. The fourth-order valence-corrected chi connectivity index (χ4v) is 1.70. The molecule has 0 aromatic heterocycles. The fourth-order valence-electron chi connectivity index (χ4n) is 1.70. The van der Waals surface area contributed by atoms with Crippen LogP contribution in [0, 0.1) is 104 Å². The van der Waals surface area contributed by atoms with Crippen molar-refractivity contribution in [3.63, 3.8) is 0 Å². The molecule has 0 radical (unpaired) electrons. The third kappa shape index (κ3) is 6.05. The van der Waals surface area contributed by atoms with Gasteiger partial charge in [-0.3, -0.25) is 0 Å². The number of allylic oxidation sites excluding steroid dienone is 4. The van der Waals surface area contributed by atoms with Crippen LogP contribution in [0.2, 0.25) is 0 Å². The quantitative estimate of drug-likeness (QED) is 0.637. The molecule has 0 saturated carbocycles. The van der Waals surface area contributed by atoms with Crippen molar-refractivity contribution in [3.05, 3.63) is 24.3 Å². The molecule has 0 heterocycles. The topological polar surface area (TPSA) is 95.2 Å². The SMILES string of the molecule is N#CC1(C#N)CC#C/C=C/C#CCC(C#N)(C#N)CC#C/C=C/C#CC1. The monoisotopic (exact) mass is 332 g/mol. The molecule has 4 heteroatoms. The Morgan fingerprint density at radius 3 is 0.923 bits per heavy atom. The lowest BCUT2D eigenvalue weighted by Gasteiger charge is -2.10. The molecule has 120 valence electrons. The molecule has 0 amide bonds. The van der Waals surface area contributed by atoms with Crippen molar-refractivity contribution < 1.29 is 0 Å². The van der Waals surface area contributed by atoms with Crippen molar-refractivity contribution in [1.82, 2.24) is 0 Å². The first-order chi connectivity index (χ1) is 12.7. The third-order valence-electron chi connectivity index (χ3n) is 3.32. The molecule has 4 nitrogen and oxygen atoms in total. The Morgan fingerprint density at radius 1 is 0.500 bits per heavy atom. The van der Waals surface area contributed by atoms with Gasteiger partial charge in [0.1, 0.15) is 0 Å². The zero-order chi connectivity index (χ0) is 19.1. The minimum absolute atomic E-state index is 0.0714. The summed E-state index contributed by atoms with van der Waals surface area (Å²) in [6.07, 6.45) is 6.25. The molecule has 0 N–H and O–H groups in total. The van der Waals surface area contributed by atoms with E-state index in [2.05, 4.69) is 47.4 Å². The van der Waals surface area contributed by atoms with Gasteiger partial charge in [-0.1, -0.05) is 47.4 Å². The number of nitrogens with zero attached hydrogens (tertiary/aromatic N) is 4. The van der Waals surface area contributed by atoms with E-state index in [-0.39, 0.29) is 25.7 Å². The molecule has 0 aromatic carbocycles. The van der Waals surface area contributed by atoms with Crippen LogP contribution in [-0.2, 0) is 0 Å². The highest BCUT2D eigenvalue weighted by molar-refractivity contribution is 5.33. The molecule has 1 rings (SSSR count). The van der Waals surface area contributed by atoms with Gasteiger partial charge >= 0.3 is 0 Å². The second kappa shape index (κ2) is 10.5. The Kier molecular flexibility index (Phi) is 7.93. The first-order valence-electron chi connectivity index (χ1n) is 7.54. The minimum Gasteiger partial charge on any atom is -0.196 e. The smallest absolute Gasteiger partial charge is 0.165 e. The van der Waals surface area contributed by atoms with E-state index in [1.165, 1.54) is 24.3 Å². The largest absolute Gasteiger partial charge is 0.196 e. The molecular weight excluding hydrogens is 320 g/mol. The molecule has 26 heavy (non-hydrogen) atoms. The summed E-state index contributed by atoms with van der Waals surface area (Å²) in [6, 6.07) is 7.91. The zero-order valence-electron chi connectivity index (χ0n) is 13.9. The van der Waals surface area contributed by atoms with E-state index >= 15 is 0 Å². The summed E-state index contributed by atoms with van der Waals surface area (Å²) in [5.74, 6) is 21.9. The van der Waals surface area contributed by atoms with Crippen LogP contribution >= 0.6 is 0 Å². The standard InChI is InChI=1S/C22H12N4/c23-17-21(18-24)13-9-5-1-2-6-10-14-22(19-25,20-26)16-12-8-4-3-7-11-15-21/h1-4H,13-16H2/b2-1+,4-3+. The van der Waals surface area contributed by atoms with Gasteiger partial charge in [-0.25, -0.2) is 0 Å². The molecule has 1 aliphatic carbocycles. The summed E-state index contributed by atoms with van der Waals surface area (Å²) in [7, 11) is 0. The maximum absolute atomic E-state index is 9.25. The minimum atomic E-state index is -1.27. The van der Waals surface area contributed by atoms with Crippen LogP contribution in [0.3, 0.4) is 0 Å². The normalized spacial score (nSPS) is 19.2. The van der Waals surface area contributed by atoms with Crippen molar-refractivity contribution >= 4 is 0 Å². The Morgan fingerprint density at radius 2 is 0.731 bits per heavy atom. The van der Waals surface area contributed by atoms with E-state index in [1.807, 2.05) is 24.3 Å². The van der Waals surface area contributed by atoms with Gasteiger partial charge < -0.3 is 0 Å². The molecule has 0 unspecified atom stereocenters. The number of hydrogen-bond donors (Lipinski definition) is 0. The summed E-state index contributed by atoms with van der Waals surface area (Å²) >= 11 is 0. The molecule has 0 bridgehead atoms. The van der Waals surface area contributed by atoms with E-state index in [9.17, 15) is 21.0 Å². The van der Waals surface area contributed by atoms with Crippen LogP contribution in [0.4, 0.5) is 0 Å². The summed E-state index contributed by atoms with van der Waals surface area (Å²) < 4.78 is 0. The van der Waals surface area contributed by atoms with Gasteiger partial charge in [-0.2, -0.15) is 21.0 Å². The van der Waals surface area contributed by atoms with Gasteiger partial charge in [0, 0.05) is 25.7 Å². The van der Waals surface area contributed by atoms with E-state index in [0.717, 1.165) is 0 Å². The van der Waals surface area contributed by atoms with Crippen LogP contribution in [-0.4, -0.2) is 0 Å². The summed E-state index contributed by atoms with van der Waals surface area (Å²) in [6.45, 7) is 0. The summed E-state index contributed by atoms with van der Waals surface area (Å²) in [5.41, 5.74) is -2.55. The Balaban J connectivity index is 3.15. The molecular formula is C22H12N4. The molecule has 1 aliphatic rings. The van der Waals surface area contributed by atoms with Crippen LogP contribution in [0.5, 0.6) is 0 Å². The van der Waals surface area contributed by atoms with Gasteiger partial charge in [0.2, 0.25) is 0 Å². The Hall–Kier alpha value is -4.32. The van der Waals surface area contributed by atoms with E-state index in [4.69, 9.17) is 0 Å². The average molecular weight is 332 g/mol. The molecule has 0 fully saturated rings. The van der Waals surface area contributed by atoms with Crippen molar-refractivity contribution in [2.75, 3.05) is 0 Å². The maximum Gasteiger partial charge on any atom is 0.165 e. The van der Waals surface area contributed by atoms with Crippen molar-refractivity contribution in [2.24, 2.45) is 10.8 Å². The summed E-state index contributed by atoms with van der Waals surface area (Å²) in [4.78, 5) is 0. The molecule has 0 atom stereocenters. The average Bonchev–Trinajstić information content (AvgIpc) is 2.68. The van der Waals surface area contributed by atoms with Crippen LogP contribution in [0.25, 0.3) is 0 Å². The number of rotatable bonds is 0. The first-order valence-corrected chi connectivity index (χ1v) is 7.54. The summed E-state index contributed by atoms with van der Waals surface area (Å²) in [5, 5.41) is 37.0. The van der Waals surface area contributed by atoms with E-state index in [0.29, 0.717) is 0 Å². The van der Waals surface area contributed by atoms with Gasteiger partial charge in [0.15, 0.2) is 10.8 Å². The van der Waals surface area contributed by atoms with Gasteiger partial charge in [0.25, 0.3) is 0 Å². The molecule has 0 spiro atoms. The van der Waals surface area contributed by atoms with E-state index in [1.54, 1.807) is 0 Å². The van der Waals surface area contributed by atoms with Gasteiger partial charge in [-0.15, -0.1) is 0 Å². The molecule has 0 aliphatic heterocycles.